The third kappa shape index (κ3) is 2.36. The van der Waals surface area contributed by atoms with Crippen LogP contribution in [0.15, 0.2) is 24.5 Å². The van der Waals surface area contributed by atoms with Gasteiger partial charge in [0, 0.05) is 19.3 Å². The van der Waals surface area contributed by atoms with Crippen LogP contribution in [0, 0.1) is 0 Å². The van der Waals surface area contributed by atoms with E-state index in [0.717, 1.165) is 12.8 Å². The second-order valence-electron chi connectivity index (χ2n) is 3.70. The minimum atomic E-state index is -0.588. The lowest BCUT2D eigenvalue weighted by atomic mass is 10.4. The number of carbonyl (C=O) groups excluding carboxylic acids is 2. The standard InChI is InChI=1S/C11H13N3O2/c15-10(11(16)14-6-1-2-7-14)13-9-4-3-5-12-8-9/h3-5,8H,1-2,6-7H2,(H,13,15). The lowest BCUT2D eigenvalue weighted by molar-refractivity contribution is -0.142. The Morgan fingerprint density at radius 3 is 2.69 bits per heavy atom. The van der Waals surface area contributed by atoms with Crippen molar-refractivity contribution in [2.45, 2.75) is 12.8 Å². The Morgan fingerprint density at radius 2 is 2.06 bits per heavy atom. The molecule has 0 bridgehead atoms. The number of pyridine rings is 1. The number of hydrogen-bond donors (Lipinski definition) is 1. The van der Waals surface area contributed by atoms with Crippen molar-refractivity contribution in [3.63, 3.8) is 0 Å². The number of likely N-dealkylation sites (tertiary alicyclic amines) is 1. The van der Waals surface area contributed by atoms with Crippen molar-refractivity contribution in [2.75, 3.05) is 18.4 Å². The molecule has 5 nitrogen and oxygen atoms in total. The van der Waals surface area contributed by atoms with Gasteiger partial charge in [-0.2, -0.15) is 0 Å². The summed E-state index contributed by atoms with van der Waals surface area (Å²) in [6.45, 7) is 1.36. The molecule has 84 valence electrons. The van der Waals surface area contributed by atoms with Crippen LogP contribution in [0.25, 0.3) is 0 Å². The molecule has 2 amide bonds. The van der Waals surface area contributed by atoms with E-state index < -0.39 is 11.8 Å². The summed E-state index contributed by atoms with van der Waals surface area (Å²) in [5, 5.41) is 2.53. The number of hydrogen-bond acceptors (Lipinski definition) is 3. The number of nitrogens with one attached hydrogen (secondary N) is 1. The van der Waals surface area contributed by atoms with Crippen molar-refractivity contribution in [1.29, 1.82) is 0 Å². The van der Waals surface area contributed by atoms with Crippen LogP contribution in [0.2, 0.25) is 0 Å². The fourth-order valence-corrected chi connectivity index (χ4v) is 1.69. The van der Waals surface area contributed by atoms with Crippen molar-refractivity contribution in [3.8, 4) is 0 Å². The topological polar surface area (TPSA) is 62.3 Å². The van der Waals surface area contributed by atoms with Crippen LogP contribution < -0.4 is 5.32 Å². The van der Waals surface area contributed by atoms with Crippen LogP contribution in [0.3, 0.4) is 0 Å². The monoisotopic (exact) mass is 219 g/mol. The molecule has 0 spiro atoms. The lowest BCUT2D eigenvalue weighted by Crippen LogP contribution is -2.37. The Hall–Kier alpha value is -1.91. The molecule has 5 heteroatoms. The lowest BCUT2D eigenvalue weighted by Gasteiger charge is -2.14. The van der Waals surface area contributed by atoms with Crippen LogP contribution in [0.5, 0.6) is 0 Å². The molecule has 1 aromatic rings. The molecule has 0 atom stereocenters. The predicted molar refractivity (Wildman–Crippen MR) is 58.7 cm³/mol. The van der Waals surface area contributed by atoms with Gasteiger partial charge in [-0.1, -0.05) is 0 Å². The van der Waals surface area contributed by atoms with E-state index in [4.69, 9.17) is 0 Å². The smallest absolute Gasteiger partial charge is 0.313 e. The molecule has 2 rings (SSSR count). The molecule has 16 heavy (non-hydrogen) atoms. The zero-order valence-electron chi connectivity index (χ0n) is 8.85. The first-order valence-corrected chi connectivity index (χ1v) is 5.27. The highest BCUT2D eigenvalue weighted by Gasteiger charge is 2.24. The number of anilines is 1. The summed E-state index contributed by atoms with van der Waals surface area (Å²) in [4.78, 5) is 28.6. The van der Waals surface area contributed by atoms with Crippen molar-refractivity contribution in [2.24, 2.45) is 0 Å². The number of nitrogens with zero attached hydrogens (tertiary/aromatic N) is 2. The summed E-state index contributed by atoms with van der Waals surface area (Å²) in [5.41, 5.74) is 0.542. The van der Waals surface area contributed by atoms with E-state index >= 15 is 0 Å². The first-order chi connectivity index (χ1) is 7.77. The third-order valence-electron chi connectivity index (χ3n) is 2.51. The van der Waals surface area contributed by atoms with Crippen LogP contribution in [-0.4, -0.2) is 34.8 Å². The molecule has 0 radical (unpaired) electrons. The van der Waals surface area contributed by atoms with Crippen molar-refractivity contribution >= 4 is 17.5 Å². The highest BCUT2D eigenvalue weighted by atomic mass is 16.2. The van der Waals surface area contributed by atoms with Gasteiger partial charge < -0.3 is 10.2 Å². The minimum Gasteiger partial charge on any atom is -0.334 e. The fraction of sp³-hybridized carbons (Fsp3) is 0.364. The fourth-order valence-electron chi connectivity index (χ4n) is 1.69. The Bertz CT molecular complexity index is 385. The maximum absolute atomic E-state index is 11.6. The van der Waals surface area contributed by atoms with Gasteiger partial charge in [0.2, 0.25) is 0 Å². The summed E-state index contributed by atoms with van der Waals surface area (Å²) in [6.07, 6.45) is 5.07. The average molecular weight is 219 g/mol. The summed E-state index contributed by atoms with van der Waals surface area (Å²) in [7, 11) is 0. The Balaban J connectivity index is 1.95. The normalized spacial score (nSPS) is 14.9. The molecule has 0 aliphatic carbocycles. The quantitative estimate of drug-likeness (QED) is 0.705. The van der Waals surface area contributed by atoms with Gasteiger partial charge in [0.25, 0.3) is 0 Å². The van der Waals surface area contributed by atoms with Crippen LogP contribution >= 0.6 is 0 Å². The van der Waals surface area contributed by atoms with Gasteiger partial charge >= 0.3 is 11.8 Å². The van der Waals surface area contributed by atoms with Gasteiger partial charge in [-0.05, 0) is 25.0 Å². The van der Waals surface area contributed by atoms with Crippen molar-refractivity contribution < 1.29 is 9.59 Å². The highest BCUT2D eigenvalue weighted by molar-refractivity contribution is 6.39. The van der Waals surface area contributed by atoms with Crippen LogP contribution in [-0.2, 0) is 9.59 Å². The van der Waals surface area contributed by atoms with Gasteiger partial charge in [0.1, 0.15) is 0 Å². The van der Waals surface area contributed by atoms with Crippen LogP contribution in [0.4, 0.5) is 5.69 Å². The molecule has 1 aromatic heterocycles. The van der Waals surface area contributed by atoms with E-state index in [1.165, 1.54) is 6.20 Å². The maximum Gasteiger partial charge on any atom is 0.313 e. The first-order valence-electron chi connectivity index (χ1n) is 5.27. The zero-order chi connectivity index (χ0) is 11.4. The van der Waals surface area contributed by atoms with Gasteiger partial charge in [0.15, 0.2) is 0 Å². The first kappa shape index (κ1) is 10.6. The minimum absolute atomic E-state index is 0.457. The third-order valence-corrected chi connectivity index (χ3v) is 2.51. The zero-order valence-corrected chi connectivity index (χ0v) is 8.85. The summed E-state index contributed by atoms with van der Waals surface area (Å²) >= 11 is 0. The van der Waals surface area contributed by atoms with Gasteiger partial charge in [-0.3, -0.25) is 14.6 Å². The average Bonchev–Trinajstić information content (AvgIpc) is 2.83. The maximum atomic E-state index is 11.6. The van der Waals surface area contributed by atoms with E-state index in [0.29, 0.717) is 18.8 Å². The van der Waals surface area contributed by atoms with Crippen molar-refractivity contribution in [1.82, 2.24) is 9.88 Å². The number of amides is 2. The van der Waals surface area contributed by atoms with E-state index in [2.05, 4.69) is 10.3 Å². The molecule has 0 unspecified atom stereocenters. The highest BCUT2D eigenvalue weighted by Crippen LogP contribution is 2.09. The Morgan fingerprint density at radius 1 is 1.31 bits per heavy atom. The second-order valence-corrected chi connectivity index (χ2v) is 3.70. The number of rotatable bonds is 1. The van der Waals surface area contributed by atoms with Crippen molar-refractivity contribution in [3.05, 3.63) is 24.5 Å². The molecule has 0 saturated carbocycles. The Labute approximate surface area is 93.5 Å². The molecule has 1 aliphatic heterocycles. The van der Waals surface area contributed by atoms with E-state index in [-0.39, 0.29) is 0 Å². The summed E-state index contributed by atoms with van der Waals surface area (Å²) in [5.74, 6) is -1.05. The van der Waals surface area contributed by atoms with Crippen LogP contribution in [0.1, 0.15) is 12.8 Å². The predicted octanol–water partition coefficient (Wildman–Crippen LogP) is 0.642. The number of aromatic nitrogens is 1. The van der Waals surface area contributed by atoms with Gasteiger partial charge in [0.05, 0.1) is 11.9 Å². The van der Waals surface area contributed by atoms with Gasteiger partial charge in [-0.15, -0.1) is 0 Å². The molecule has 1 fully saturated rings. The second kappa shape index (κ2) is 4.74. The SMILES string of the molecule is O=C(Nc1cccnc1)C(=O)N1CCCC1. The molecular formula is C11H13N3O2. The summed E-state index contributed by atoms with van der Waals surface area (Å²) < 4.78 is 0. The van der Waals surface area contributed by atoms with E-state index in [9.17, 15) is 9.59 Å². The van der Waals surface area contributed by atoms with E-state index in [1.807, 2.05) is 0 Å². The molecule has 1 N–H and O–H groups in total. The largest absolute Gasteiger partial charge is 0.334 e. The van der Waals surface area contributed by atoms with E-state index in [1.54, 1.807) is 23.2 Å². The molecular weight excluding hydrogens is 206 g/mol. The van der Waals surface area contributed by atoms with Gasteiger partial charge in [-0.25, -0.2) is 0 Å². The number of carbonyl (C=O) groups is 2. The summed E-state index contributed by atoms with van der Waals surface area (Å²) in [6, 6.07) is 3.40. The Kier molecular flexibility index (Phi) is 3.14. The molecule has 0 aromatic carbocycles. The molecule has 1 saturated heterocycles. The molecule has 2 heterocycles. The molecule has 1 aliphatic rings.